The lowest BCUT2D eigenvalue weighted by molar-refractivity contribution is 0.0512. The number of anilines is 1. The standard InChI is InChI=1S/C32H34F2N4O4/c1-3-22-25(33)9-8-20-14-21(42-19-40-2)15-23(26(20)22)28-27(34)29-24(16-35-28)30(38-12-6-4-5-7-13-38)37-31(36-29)41-18-32(17-39)10-11-32/h4-5,8-9,14-16,39H,3,6-7,10-13,17-19H2,1-2H3. The second kappa shape index (κ2) is 11.8. The molecule has 1 saturated carbocycles. The van der Waals surface area contributed by atoms with Gasteiger partial charge in [-0.3, -0.25) is 4.98 Å². The van der Waals surface area contributed by atoms with Crippen molar-refractivity contribution in [2.75, 3.05) is 45.1 Å². The maximum Gasteiger partial charge on any atom is 0.319 e. The number of pyridine rings is 1. The van der Waals surface area contributed by atoms with E-state index >= 15 is 8.78 Å². The Morgan fingerprint density at radius 2 is 1.83 bits per heavy atom. The summed E-state index contributed by atoms with van der Waals surface area (Å²) < 4.78 is 48.5. The third-order valence-electron chi connectivity index (χ3n) is 8.13. The predicted molar refractivity (Wildman–Crippen MR) is 157 cm³/mol. The molecule has 2 aromatic carbocycles. The number of nitrogens with zero attached hydrogens (tertiary/aromatic N) is 4. The number of aromatic nitrogens is 3. The van der Waals surface area contributed by atoms with Gasteiger partial charge in [-0.05, 0) is 66.6 Å². The van der Waals surface area contributed by atoms with Crippen LogP contribution in [0.1, 0.15) is 38.2 Å². The van der Waals surface area contributed by atoms with Gasteiger partial charge in [0.25, 0.3) is 0 Å². The number of fused-ring (bicyclic) bond motifs is 2. The number of ether oxygens (including phenoxy) is 3. The maximum absolute atomic E-state index is 16.7. The molecule has 0 bridgehead atoms. The van der Waals surface area contributed by atoms with Crippen molar-refractivity contribution < 1.29 is 28.1 Å². The van der Waals surface area contributed by atoms with Gasteiger partial charge in [0.2, 0.25) is 0 Å². The van der Waals surface area contributed by atoms with Gasteiger partial charge in [-0.2, -0.15) is 9.97 Å². The summed E-state index contributed by atoms with van der Waals surface area (Å²) in [6, 6.07) is 6.56. The Kier molecular flexibility index (Phi) is 7.92. The molecule has 1 N–H and O–H groups in total. The minimum atomic E-state index is -0.659. The Morgan fingerprint density at radius 3 is 2.52 bits per heavy atom. The van der Waals surface area contributed by atoms with Crippen molar-refractivity contribution in [3.8, 4) is 23.0 Å². The highest BCUT2D eigenvalue weighted by Gasteiger charge is 2.43. The largest absolute Gasteiger partial charge is 0.468 e. The zero-order valence-electron chi connectivity index (χ0n) is 23.8. The molecule has 6 rings (SSSR count). The fraction of sp³-hybridized carbons (Fsp3) is 0.406. The van der Waals surface area contributed by atoms with Gasteiger partial charge in [-0.15, -0.1) is 0 Å². The smallest absolute Gasteiger partial charge is 0.319 e. The van der Waals surface area contributed by atoms with Crippen LogP contribution in [-0.4, -0.2) is 60.3 Å². The zero-order valence-corrected chi connectivity index (χ0v) is 23.8. The molecule has 0 atom stereocenters. The number of aliphatic hydroxyl groups excluding tert-OH is 1. The van der Waals surface area contributed by atoms with Crippen LogP contribution in [0.15, 0.2) is 42.6 Å². The van der Waals surface area contributed by atoms with Gasteiger partial charge in [0, 0.05) is 37.4 Å². The number of halogens is 2. The zero-order chi connectivity index (χ0) is 29.3. The summed E-state index contributed by atoms with van der Waals surface area (Å²) in [5.74, 6) is -0.0370. The lowest BCUT2D eigenvalue weighted by Crippen LogP contribution is -2.26. The van der Waals surface area contributed by atoms with Crippen molar-refractivity contribution >= 4 is 27.5 Å². The number of methoxy groups -OCH3 is 1. The van der Waals surface area contributed by atoms with E-state index in [-0.39, 0.29) is 48.5 Å². The second-order valence-electron chi connectivity index (χ2n) is 11.0. The molecule has 0 unspecified atom stereocenters. The van der Waals surface area contributed by atoms with Crippen LogP contribution < -0.4 is 14.4 Å². The minimum absolute atomic E-state index is 0.00227. The Labute approximate surface area is 243 Å². The average molecular weight is 577 g/mol. The Balaban J connectivity index is 1.54. The van der Waals surface area contributed by atoms with Crippen molar-refractivity contribution in [2.45, 2.75) is 39.0 Å². The van der Waals surface area contributed by atoms with Crippen molar-refractivity contribution in [2.24, 2.45) is 5.41 Å². The van der Waals surface area contributed by atoms with E-state index in [1.165, 1.54) is 13.2 Å². The van der Waals surface area contributed by atoms with E-state index in [9.17, 15) is 5.11 Å². The van der Waals surface area contributed by atoms with Gasteiger partial charge in [-0.1, -0.05) is 25.1 Å². The molecule has 0 saturated heterocycles. The number of aliphatic hydroxyl groups is 1. The van der Waals surface area contributed by atoms with E-state index in [2.05, 4.69) is 27.0 Å². The molecule has 220 valence electrons. The summed E-state index contributed by atoms with van der Waals surface area (Å²) in [6.45, 7) is 3.52. The maximum atomic E-state index is 16.7. The monoisotopic (exact) mass is 576 g/mol. The van der Waals surface area contributed by atoms with Crippen LogP contribution >= 0.6 is 0 Å². The third-order valence-corrected chi connectivity index (χ3v) is 8.13. The van der Waals surface area contributed by atoms with E-state index in [1.54, 1.807) is 24.4 Å². The lowest BCUT2D eigenvalue weighted by atomic mass is 9.94. The molecule has 0 spiro atoms. The van der Waals surface area contributed by atoms with E-state index in [1.807, 2.05) is 6.92 Å². The molecule has 2 aromatic heterocycles. The number of benzene rings is 2. The topological polar surface area (TPSA) is 89.8 Å². The number of hydrogen-bond donors (Lipinski definition) is 1. The molecule has 10 heteroatoms. The molecule has 0 radical (unpaired) electrons. The highest BCUT2D eigenvalue weighted by Crippen LogP contribution is 2.45. The van der Waals surface area contributed by atoms with Gasteiger partial charge in [0.1, 0.15) is 28.6 Å². The highest BCUT2D eigenvalue weighted by atomic mass is 19.1. The molecule has 1 aliphatic heterocycles. The van der Waals surface area contributed by atoms with Gasteiger partial charge in [0.15, 0.2) is 12.6 Å². The second-order valence-corrected chi connectivity index (χ2v) is 11.0. The molecule has 2 aliphatic rings. The van der Waals surface area contributed by atoms with Crippen molar-refractivity contribution in [1.29, 1.82) is 0 Å². The number of rotatable bonds is 10. The first-order valence-electron chi connectivity index (χ1n) is 14.3. The van der Waals surface area contributed by atoms with Gasteiger partial charge in [0.05, 0.1) is 18.6 Å². The summed E-state index contributed by atoms with van der Waals surface area (Å²) in [5.41, 5.74) is 0.655. The van der Waals surface area contributed by atoms with E-state index in [0.717, 1.165) is 25.7 Å². The first kappa shape index (κ1) is 28.2. The SMILES string of the molecule is CCc1c(F)ccc2cc(OCOC)cc(-c3ncc4c(N5CCC=CCC5)nc(OCC5(CO)CC5)nc4c3F)c12. The van der Waals surface area contributed by atoms with Crippen molar-refractivity contribution in [1.82, 2.24) is 15.0 Å². The summed E-state index contributed by atoms with van der Waals surface area (Å²) >= 11 is 0. The Hall–Kier alpha value is -3.89. The molecule has 4 aromatic rings. The molecule has 1 aliphatic carbocycles. The van der Waals surface area contributed by atoms with Gasteiger partial charge < -0.3 is 24.2 Å². The van der Waals surface area contributed by atoms with Crippen molar-refractivity contribution in [3.05, 3.63) is 59.8 Å². The van der Waals surface area contributed by atoms with E-state index in [0.29, 0.717) is 58.4 Å². The van der Waals surface area contributed by atoms with Crippen LogP contribution in [0.4, 0.5) is 14.6 Å². The normalized spacial score (nSPS) is 16.2. The lowest BCUT2D eigenvalue weighted by Gasteiger charge is -2.24. The summed E-state index contributed by atoms with van der Waals surface area (Å²) in [7, 11) is 1.51. The molecule has 42 heavy (non-hydrogen) atoms. The van der Waals surface area contributed by atoms with E-state index in [4.69, 9.17) is 19.2 Å². The van der Waals surface area contributed by atoms with Crippen LogP contribution in [0.25, 0.3) is 32.9 Å². The van der Waals surface area contributed by atoms with E-state index < -0.39 is 5.82 Å². The fourth-order valence-electron chi connectivity index (χ4n) is 5.51. The first-order chi connectivity index (χ1) is 20.5. The van der Waals surface area contributed by atoms with Crippen LogP contribution in [-0.2, 0) is 11.2 Å². The van der Waals surface area contributed by atoms with Crippen LogP contribution in [0, 0.1) is 17.0 Å². The van der Waals surface area contributed by atoms with Crippen LogP contribution in [0.3, 0.4) is 0 Å². The molecule has 1 fully saturated rings. The Bertz CT molecular complexity index is 1650. The van der Waals surface area contributed by atoms with Crippen LogP contribution in [0.5, 0.6) is 11.8 Å². The number of aryl methyl sites for hydroxylation is 1. The molecular weight excluding hydrogens is 542 g/mol. The van der Waals surface area contributed by atoms with Gasteiger partial charge in [-0.25, -0.2) is 8.78 Å². The van der Waals surface area contributed by atoms with Crippen LogP contribution in [0.2, 0.25) is 0 Å². The molecular formula is C32H34F2N4O4. The first-order valence-corrected chi connectivity index (χ1v) is 14.3. The summed E-state index contributed by atoms with van der Waals surface area (Å²) in [5, 5.41) is 11.5. The molecule has 0 amide bonds. The molecule has 3 heterocycles. The predicted octanol–water partition coefficient (Wildman–Crippen LogP) is 5.98. The Morgan fingerprint density at radius 1 is 1.05 bits per heavy atom. The fourth-order valence-corrected chi connectivity index (χ4v) is 5.51. The summed E-state index contributed by atoms with van der Waals surface area (Å²) in [4.78, 5) is 15.9. The van der Waals surface area contributed by atoms with Gasteiger partial charge >= 0.3 is 6.01 Å². The third kappa shape index (κ3) is 5.36. The average Bonchev–Trinajstić information content (AvgIpc) is 3.83. The molecule has 8 nitrogen and oxygen atoms in total. The summed E-state index contributed by atoms with van der Waals surface area (Å²) in [6.07, 6.45) is 9.62. The quantitative estimate of drug-likeness (QED) is 0.182. The minimum Gasteiger partial charge on any atom is -0.468 e. The van der Waals surface area contributed by atoms with Crippen molar-refractivity contribution in [3.63, 3.8) is 0 Å². The highest BCUT2D eigenvalue weighted by molar-refractivity contribution is 6.01. The number of hydrogen-bond acceptors (Lipinski definition) is 8.